The first-order valence-electron chi connectivity index (χ1n) is 7.71. The average molecular weight is 420 g/mol. The SMILES string of the molecule is CCOc1c(Br)cc(Cl)cc1NC(=O)N1CCC(C(=O)OC)CC1. The Kier molecular flexibility index (Phi) is 6.74. The highest BCUT2D eigenvalue weighted by Gasteiger charge is 2.28. The molecule has 1 aromatic carbocycles. The summed E-state index contributed by atoms with van der Waals surface area (Å²) in [7, 11) is 1.38. The van der Waals surface area contributed by atoms with E-state index in [0.29, 0.717) is 53.5 Å². The quantitative estimate of drug-likeness (QED) is 0.751. The number of carbonyl (C=O) groups excluding carboxylic acids is 2. The van der Waals surface area contributed by atoms with Gasteiger partial charge in [-0.05, 0) is 47.8 Å². The Labute approximate surface area is 154 Å². The number of methoxy groups -OCH3 is 1. The summed E-state index contributed by atoms with van der Waals surface area (Å²) in [6, 6.07) is 3.12. The number of rotatable bonds is 4. The first-order chi connectivity index (χ1) is 11.5. The van der Waals surface area contributed by atoms with Crippen molar-refractivity contribution in [1.29, 1.82) is 0 Å². The van der Waals surface area contributed by atoms with E-state index >= 15 is 0 Å². The zero-order valence-corrected chi connectivity index (χ0v) is 15.9. The molecule has 2 rings (SSSR count). The van der Waals surface area contributed by atoms with E-state index in [-0.39, 0.29) is 17.9 Å². The second-order valence-electron chi connectivity index (χ2n) is 5.41. The summed E-state index contributed by atoms with van der Waals surface area (Å²) >= 11 is 9.45. The van der Waals surface area contributed by atoms with Crippen molar-refractivity contribution in [2.24, 2.45) is 5.92 Å². The molecule has 1 aliphatic rings. The number of nitrogens with one attached hydrogen (secondary N) is 1. The molecule has 0 saturated carbocycles. The number of benzene rings is 1. The molecule has 8 heteroatoms. The van der Waals surface area contributed by atoms with Crippen LogP contribution in [0.3, 0.4) is 0 Å². The fourth-order valence-corrected chi connectivity index (χ4v) is 3.55. The van der Waals surface area contributed by atoms with E-state index in [0.717, 1.165) is 0 Å². The minimum absolute atomic E-state index is 0.140. The van der Waals surface area contributed by atoms with Gasteiger partial charge in [-0.3, -0.25) is 4.79 Å². The molecule has 1 N–H and O–H groups in total. The van der Waals surface area contributed by atoms with E-state index in [1.165, 1.54) is 7.11 Å². The number of halogens is 2. The van der Waals surface area contributed by atoms with Crippen LogP contribution in [0.25, 0.3) is 0 Å². The van der Waals surface area contributed by atoms with Gasteiger partial charge in [-0.2, -0.15) is 0 Å². The Hall–Kier alpha value is -1.47. The van der Waals surface area contributed by atoms with Gasteiger partial charge in [0.15, 0.2) is 5.75 Å². The smallest absolute Gasteiger partial charge is 0.321 e. The number of hydrogen-bond acceptors (Lipinski definition) is 4. The average Bonchev–Trinajstić information content (AvgIpc) is 2.57. The van der Waals surface area contributed by atoms with Gasteiger partial charge in [0, 0.05) is 18.1 Å². The number of esters is 1. The van der Waals surface area contributed by atoms with Crippen LogP contribution in [0.2, 0.25) is 5.02 Å². The number of likely N-dealkylation sites (tertiary alicyclic amines) is 1. The van der Waals surface area contributed by atoms with Gasteiger partial charge in [0.25, 0.3) is 0 Å². The molecule has 1 saturated heterocycles. The van der Waals surface area contributed by atoms with Crippen molar-refractivity contribution in [3.05, 3.63) is 21.6 Å². The van der Waals surface area contributed by atoms with E-state index < -0.39 is 0 Å². The zero-order valence-electron chi connectivity index (χ0n) is 13.6. The lowest BCUT2D eigenvalue weighted by atomic mass is 9.97. The van der Waals surface area contributed by atoms with Crippen molar-refractivity contribution in [3.63, 3.8) is 0 Å². The number of ether oxygens (including phenoxy) is 2. The first-order valence-corrected chi connectivity index (χ1v) is 8.89. The molecule has 1 aliphatic heterocycles. The predicted octanol–water partition coefficient (Wildman–Crippen LogP) is 3.92. The van der Waals surface area contributed by atoms with Crippen LogP contribution in [-0.2, 0) is 9.53 Å². The van der Waals surface area contributed by atoms with Crippen molar-refractivity contribution < 1.29 is 19.1 Å². The monoisotopic (exact) mass is 418 g/mol. The molecule has 2 amide bonds. The zero-order chi connectivity index (χ0) is 17.7. The minimum atomic E-state index is -0.242. The Morgan fingerprint density at radius 2 is 2.04 bits per heavy atom. The van der Waals surface area contributed by atoms with Crippen molar-refractivity contribution in [2.75, 3.05) is 32.1 Å². The third kappa shape index (κ3) is 4.54. The van der Waals surface area contributed by atoms with E-state index in [1.807, 2.05) is 6.92 Å². The van der Waals surface area contributed by atoms with Crippen LogP contribution in [0, 0.1) is 5.92 Å². The first kappa shape index (κ1) is 18.9. The van der Waals surface area contributed by atoms with E-state index in [9.17, 15) is 9.59 Å². The summed E-state index contributed by atoms with van der Waals surface area (Å²) in [6.07, 6.45) is 1.19. The van der Waals surface area contributed by atoms with Gasteiger partial charge in [0.1, 0.15) is 0 Å². The molecule has 1 heterocycles. The molecular formula is C16H20BrClN2O4. The summed E-state index contributed by atoms with van der Waals surface area (Å²) in [6.45, 7) is 3.33. The van der Waals surface area contributed by atoms with Gasteiger partial charge >= 0.3 is 12.0 Å². The van der Waals surface area contributed by atoms with Crippen molar-refractivity contribution >= 4 is 45.2 Å². The van der Waals surface area contributed by atoms with Crippen LogP contribution in [0.5, 0.6) is 5.75 Å². The topological polar surface area (TPSA) is 67.9 Å². The number of urea groups is 1. The van der Waals surface area contributed by atoms with Crippen molar-refractivity contribution in [2.45, 2.75) is 19.8 Å². The van der Waals surface area contributed by atoms with E-state index in [1.54, 1.807) is 17.0 Å². The number of amides is 2. The molecule has 6 nitrogen and oxygen atoms in total. The number of piperidine rings is 1. The van der Waals surface area contributed by atoms with Crippen LogP contribution in [0.15, 0.2) is 16.6 Å². The summed E-state index contributed by atoms with van der Waals surface area (Å²) in [5.74, 6) is 0.186. The molecule has 1 fully saturated rings. The Bertz CT molecular complexity index is 618. The van der Waals surface area contributed by atoms with Gasteiger partial charge < -0.3 is 19.7 Å². The number of anilines is 1. The Balaban J connectivity index is 2.04. The fraction of sp³-hybridized carbons (Fsp3) is 0.500. The predicted molar refractivity (Wildman–Crippen MR) is 95.7 cm³/mol. The third-order valence-electron chi connectivity index (χ3n) is 3.86. The maximum Gasteiger partial charge on any atom is 0.321 e. The molecule has 0 spiro atoms. The highest BCUT2D eigenvalue weighted by Crippen LogP contribution is 2.37. The van der Waals surface area contributed by atoms with Gasteiger partial charge in [0.2, 0.25) is 0 Å². The molecule has 0 radical (unpaired) electrons. The van der Waals surface area contributed by atoms with Crippen molar-refractivity contribution in [3.8, 4) is 5.75 Å². The van der Waals surface area contributed by atoms with Crippen molar-refractivity contribution in [1.82, 2.24) is 4.90 Å². The molecule has 0 atom stereocenters. The van der Waals surface area contributed by atoms with Crippen LogP contribution >= 0.6 is 27.5 Å². The largest absolute Gasteiger partial charge is 0.491 e. The molecular weight excluding hydrogens is 400 g/mol. The van der Waals surface area contributed by atoms with Gasteiger partial charge in [-0.15, -0.1) is 0 Å². The summed E-state index contributed by atoms with van der Waals surface area (Å²) in [4.78, 5) is 25.7. The molecule has 0 aliphatic carbocycles. The summed E-state index contributed by atoms with van der Waals surface area (Å²) in [5, 5.41) is 3.33. The highest BCUT2D eigenvalue weighted by molar-refractivity contribution is 9.10. The summed E-state index contributed by atoms with van der Waals surface area (Å²) in [5.41, 5.74) is 0.510. The molecule has 0 aromatic heterocycles. The van der Waals surface area contributed by atoms with Crippen LogP contribution in [0.1, 0.15) is 19.8 Å². The highest BCUT2D eigenvalue weighted by atomic mass is 79.9. The van der Waals surface area contributed by atoms with Gasteiger partial charge in [-0.25, -0.2) is 4.79 Å². The van der Waals surface area contributed by atoms with Crippen LogP contribution in [-0.4, -0.2) is 43.7 Å². The molecule has 24 heavy (non-hydrogen) atoms. The lowest BCUT2D eigenvalue weighted by Gasteiger charge is -2.31. The van der Waals surface area contributed by atoms with Gasteiger partial charge in [-0.1, -0.05) is 11.6 Å². The molecule has 0 unspecified atom stereocenters. The maximum absolute atomic E-state index is 12.5. The summed E-state index contributed by atoms with van der Waals surface area (Å²) < 4.78 is 11.0. The standard InChI is InChI=1S/C16H20BrClN2O4/c1-3-24-14-12(17)8-11(18)9-13(14)19-16(22)20-6-4-10(5-7-20)15(21)23-2/h8-10H,3-7H2,1-2H3,(H,19,22). The second-order valence-corrected chi connectivity index (χ2v) is 6.70. The molecule has 132 valence electrons. The Morgan fingerprint density at radius 1 is 1.38 bits per heavy atom. The lowest BCUT2D eigenvalue weighted by molar-refractivity contribution is -0.146. The number of carbonyl (C=O) groups is 2. The second kappa shape index (κ2) is 8.58. The number of hydrogen-bond donors (Lipinski definition) is 1. The van der Waals surface area contributed by atoms with E-state index in [4.69, 9.17) is 21.1 Å². The molecule has 1 aromatic rings. The fourth-order valence-electron chi connectivity index (χ4n) is 2.62. The molecule has 0 bridgehead atoms. The van der Waals surface area contributed by atoms with E-state index in [2.05, 4.69) is 21.2 Å². The van der Waals surface area contributed by atoms with Crippen LogP contribution in [0.4, 0.5) is 10.5 Å². The Morgan fingerprint density at radius 3 is 2.62 bits per heavy atom. The number of nitrogens with zero attached hydrogens (tertiary/aromatic N) is 1. The minimum Gasteiger partial charge on any atom is -0.491 e. The maximum atomic E-state index is 12.5. The van der Waals surface area contributed by atoms with Crippen LogP contribution < -0.4 is 10.1 Å². The lowest BCUT2D eigenvalue weighted by Crippen LogP contribution is -2.42. The third-order valence-corrected chi connectivity index (χ3v) is 4.66. The normalized spacial score (nSPS) is 15.1. The van der Waals surface area contributed by atoms with Gasteiger partial charge in [0.05, 0.1) is 29.8 Å².